The number of rotatable bonds is 5. The van der Waals surface area contributed by atoms with E-state index in [0.29, 0.717) is 22.1 Å². The molecule has 0 N–H and O–H groups in total. The minimum atomic E-state index is -0.700. The van der Waals surface area contributed by atoms with Crippen molar-refractivity contribution in [2.24, 2.45) is 0 Å². The maximum Gasteiger partial charge on any atom is 0.133 e. The predicted octanol–water partition coefficient (Wildman–Crippen LogP) is 6.30. The number of aryl methyl sites for hydroxylation is 1. The summed E-state index contributed by atoms with van der Waals surface area (Å²) in [5.41, 5.74) is 1.46. The topological polar surface area (TPSA) is 18.5 Å². The Balaban J connectivity index is 1.82. The lowest BCUT2D eigenvalue weighted by atomic mass is 10.1. The molecular weight excluding hydrogens is 346 g/mol. The molecule has 0 aliphatic rings. The fraction of sp³-hybridized carbons (Fsp3) is 0.100. The maximum atomic E-state index is 13.3. The van der Waals surface area contributed by atoms with Crippen LogP contribution in [0, 0.1) is 18.6 Å². The van der Waals surface area contributed by atoms with Gasteiger partial charge in [0.15, 0.2) is 0 Å². The standard InChI is InChI=1S/C20H15ClF2O2/c1-13-7-19(21)14(12-24-17-5-3-2-4-6-17)8-20(13)25-18-10-15(22)9-16(23)11-18/h2-11H,12H2,1H3. The van der Waals surface area contributed by atoms with Crippen LogP contribution >= 0.6 is 11.6 Å². The third-order valence-electron chi connectivity index (χ3n) is 3.55. The molecule has 5 heteroatoms. The van der Waals surface area contributed by atoms with E-state index in [1.807, 2.05) is 30.3 Å². The first-order valence-electron chi connectivity index (χ1n) is 7.62. The second-order valence-corrected chi connectivity index (χ2v) is 5.93. The van der Waals surface area contributed by atoms with Crippen LogP contribution < -0.4 is 9.47 Å². The third-order valence-corrected chi connectivity index (χ3v) is 3.90. The Labute approximate surface area is 149 Å². The Morgan fingerprint density at radius 3 is 2.24 bits per heavy atom. The molecule has 0 fully saturated rings. The molecule has 3 aromatic rings. The summed E-state index contributed by atoms with van der Waals surface area (Å²) in [6.07, 6.45) is 0. The van der Waals surface area contributed by atoms with E-state index in [1.54, 1.807) is 19.1 Å². The second kappa shape index (κ2) is 7.53. The van der Waals surface area contributed by atoms with Gasteiger partial charge in [0.1, 0.15) is 35.5 Å². The zero-order valence-corrected chi connectivity index (χ0v) is 14.2. The van der Waals surface area contributed by atoms with Crippen LogP contribution in [0.25, 0.3) is 0 Å². The molecule has 25 heavy (non-hydrogen) atoms. The average molecular weight is 361 g/mol. The zero-order valence-electron chi connectivity index (χ0n) is 13.4. The maximum absolute atomic E-state index is 13.3. The molecule has 3 aromatic carbocycles. The van der Waals surface area contributed by atoms with Gasteiger partial charge in [-0.05, 0) is 36.8 Å². The summed E-state index contributed by atoms with van der Waals surface area (Å²) in [7, 11) is 0. The molecule has 0 amide bonds. The van der Waals surface area contributed by atoms with E-state index in [2.05, 4.69) is 0 Å². The smallest absolute Gasteiger partial charge is 0.133 e. The molecule has 2 nitrogen and oxygen atoms in total. The van der Waals surface area contributed by atoms with Gasteiger partial charge in [-0.15, -0.1) is 0 Å². The predicted molar refractivity (Wildman–Crippen MR) is 93.4 cm³/mol. The minimum absolute atomic E-state index is 0.0813. The van der Waals surface area contributed by atoms with E-state index < -0.39 is 11.6 Å². The first-order valence-corrected chi connectivity index (χ1v) is 8.00. The third kappa shape index (κ3) is 4.48. The van der Waals surface area contributed by atoms with Crippen molar-refractivity contribution in [3.63, 3.8) is 0 Å². The van der Waals surface area contributed by atoms with Crippen LogP contribution in [0.2, 0.25) is 5.02 Å². The number of para-hydroxylation sites is 1. The molecule has 0 saturated carbocycles. The Morgan fingerprint density at radius 1 is 0.880 bits per heavy atom. The van der Waals surface area contributed by atoms with Gasteiger partial charge in [-0.3, -0.25) is 0 Å². The highest BCUT2D eigenvalue weighted by Crippen LogP contribution is 2.31. The van der Waals surface area contributed by atoms with E-state index in [0.717, 1.165) is 23.8 Å². The number of halogens is 3. The molecular formula is C20H15ClF2O2. The highest BCUT2D eigenvalue weighted by Gasteiger charge is 2.10. The van der Waals surface area contributed by atoms with Gasteiger partial charge in [-0.1, -0.05) is 29.8 Å². The van der Waals surface area contributed by atoms with Crippen molar-refractivity contribution in [3.8, 4) is 17.2 Å². The molecule has 3 rings (SSSR count). The monoisotopic (exact) mass is 360 g/mol. The number of ether oxygens (including phenoxy) is 2. The van der Waals surface area contributed by atoms with Crippen molar-refractivity contribution in [1.29, 1.82) is 0 Å². The van der Waals surface area contributed by atoms with Crippen molar-refractivity contribution in [3.05, 3.63) is 88.4 Å². The van der Waals surface area contributed by atoms with Crippen molar-refractivity contribution >= 4 is 11.6 Å². The fourth-order valence-electron chi connectivity index (χ4n) is 2.31. The summed E-state index contributed by atoms with van der Waals surface area (Å²) in [5, 5.41) is 0.534. The van der Waals surface area contributed by atoms with Gasteiger partial charge in [-0.2, -0.15) is 0 Å². The van der Waals surface area contributed by atoms with Gasteiger partial charge in [0.25, 0.3) is 0 Å². The van der Waals surface area contributed by atoms with E-state index in [1.165, 1.54) is 0 Å². The molecule has 0 aliphatic heterocycles. The Morgan fingerprint density at radius 2 is 1.56 bits per heavy atom. The molecule has 128 valence electrons. The summed E-state index contributed by atoms with van der Waals surface area (Å²) in [4.78, 5) is 0. The van der Waals surface area contributed by atoms with E-state index in [4.69, 9.17) is 21.1 Å². The summed E-state index contributed by atoms with van der Waals surface area (Å²) in [6.45, 7) is 2.05. The molecule has 0 aliphatic carbocycles. The zero-order chi connectivity index (χ0) is 17.8. The SMILES string of the molecule is Cc1cc(Cl)c(COc2ccccc2)cc1Oc1cc(F)cc(F)c1. The van der Waals surface area contributed by atoms with Crippen molar-refractivity contribution in [1.82, 2.24) is 0 Å². The Kier molecular flexibility index (Phi) is 5.19. The molecule has 0 aromatic heterocycles. The number of benzene rings is 3. The summed E-state index contributed by atoms with van der Waals surface area (Å²) in [5.74, 6) is -0.142. The van der Waals surface area contributed by atoms with Crippen LogP contribution in [-0.2, 0) is 6.61 Å². The minimum Gasteiger partial charge on any atom is -0.489 e. The van der Waals surface area contributed by atoms with Gasteiger partial charge in [0.2, 0.25) is 0 Å². The van der Waals surface area contributed by atoms with Gasteiger partial charge in [-0.25, -0.2) is 8.78 Å². The van der Waals surface area contributed by atoms with E-state index >= 15 is 0 Å². The van der Waals surface area contributed by atoms with Gasteiger partial charge in [0, 0.05) is 28.8 Å². The van der Waals surface area contributed by atoms with E-state index in [-0.39, 0.29) is 12.4 Å². The lowest BCUT2D eigenvalue weighted by Crippen LogP contribution is -1.98. The lowest BCUT2D eigenvalue weighted by molar-refractivity contribution is 0.305. The van der Waals surface area contributed by atoms with Crippen LogP contribution in [0.3, 0.4) is 0 Å². The first kappa shape index (κ1) is 17.2. The normalized spacial score (nSPS) is 10.6. The van der Waals surface area contributed by atoms with Crippen LogP contribution in [0.4, 0.5) is 8.78 Å². The largest absolute Gasteiger partial charge is 0.489 e. The summed E-state index contributed by atoms with van der Waals surface area (Å²) < 4.78 is 38.0. The number of hydrogen-bond acceptors (Lipinski definition) is 2. The highest BCUT2D eigenvalue weighted by molar-refractivity contribution is 6.31. The molecule has 0 heterocycles. The summed E-state index contributed by atoms with van der Waals surface area (Å²) >= 11 is 6.27. The van der Waals surface area contributed by atoms with Crippen LogP contribution in [0.15, 0.2) is 60.7 Å². The van der Waals surface area contributed by atoms with Gasteiger partial charge in [0.05, 0.1) is 0 Å². The summed E-state index contributed by atoms with van der Waals surface area (Å²) in [6, 6.07) is 15.8. The van der Waals surface area contributed by atoms with Crippen molar-refractivity contribution in [2.45, 2.75) is 13.5 Å². The van der Waals surface area contributed by atoms with Crippen molar-refractivity contribution < 1.29 is 18.3 Å². The highest BCUT2D eigenvalue weighted by atomic mass is 35.5. The van der Waals surface area contributed by atoms with Crippen LogP contribution in [0.1, 0.15) is 11.1 Å². The number of hydrogen-bond donors (Lipinski definition) is 0. The molecule has 0 saturated heterocycles. The fourth-order valence-corrected chi connectivity index (χ4v) is 2.58. The average Bonchev–Trinajstić information content (AvgIpc) is 2.56. The quantitative estimate of drug-likeness (QED) is 0.531. The second-order valence-electron chi connectivity index (χ2n) is 5.52. The molecule has 0 unspecified atom stereocenters. The molecule has 0 atom stereocenters. The Hall–Kier alpha value is -2.59. The van der Waals surface area contributed by atoms with E-state index in [9.17, 15) is 8.78 Å². The van der Waals surface area contributed by atoms with Crippen LogP contribution in [0.5, 0.6) is 17.2 Å². The molecule has 0 radical (unpaired) electrons. The van der Waals surface area contributed by atoms with Gasteiger partial charge >= 0.3 is 0 Å². The first-order chi connectivity index (χ1) is 12.0. The lowest BCUT2D eigenvalue weighted by Gasteiger charge is -2.13. The van der Waals surface area contributed by atoms with Crippen LogP contribution in [-0.4, -0.2) is 0 Å². The molecule has 0 spiro atoms. The van der Waals surface area contributed by atoms with Gasteiger partial charge < -0.3 is 9.47 Å². The van der Waals surface area contributed by atoms with Crippen molar-refractivity contribution in [2.75, 3.05) is 0 Å². The Bertz CT molecular complexity index is 862. The molecule has 0 bridgehead atoms.